The molecule has 0 aliphatic rings. The Kier molecular flexibility index (Phi) is 8.72. The Labute approximate surface area is 201 Å². The molecule has 2 aromatic carbocycles. The molecule has 2 atom stereocenters. The molecule has 0 spiro atoms. The zero-order valence-electron chi connectivity index (χ0n) is 19.0. The molecule has 3 aromatic rings. The van der Waals surface area contributed by atoms with Crippen LogP contribution in [0, 0.1) is 10.8 Å². The molecule has 0 radical (unpaired) electrons. The summed E-state index contributed by atoms with van der Waals surface area (Å²) in [4.78, 5) is 9.20. The first-order chi connectivity index (χ1) is 16.3. The SMILES string of the molecule is CNCc1ccc(C(=N)OC(=N)c2nc(-c3ccc([S+]([O-])C(C)CCO)cc3)cnc2N)cc1. The van der Waals surface area contributed by atoms with E-state index in [2.05, 4.69) is 15.3 Å². The molecule has 34 heavy (non-hydrogen) atoms. The minimum absolute atomic E-state index is 0.0120. The van der Waals surface area contributed by atoms with Crippen LogP contribution < -0.4 is 11.1 Å². The number of rotatable bonds is 9. The smallest absolute Gasteiger partial charge is 0.243 e. The molecular weight excluding hydrogens is 452 g/mol. The van der Waals surface area contributed by atoms with Crippen LogP contribution in [0.3, 0.4) is 0 Å². The highest BCUT2D eigenvalue weighted by atomic mass is 32.2. The number of nitrogens with two attached hydrogens (primary N) is 1. The third-order valence-corrected chi connectivity index (χ3v) is 6.80. The number of hydrogen-bond acceptors (Lipinski definition) is 9. The summed E-state index contributed by atoms with van der Waals surface area (Å²) in [6.45, 7) is 2.53. The fourth-order valence-electron chi connectivity index (χ4n) is 3.17. The maximum Gasteiger partial charge on any atom is 0.243 e. The van der Waals surface area contributed by atoms with Crippen molar-refractivity contribution in [3.8, 4) is 11.3 Å². The average molecular weight is 481 g/mol. The highest BCUT2D eigenvalue weighted by Gasteiger charge is 2.20. The number of ether oxygens (including phenoxy) is 1. The third kappa shape index (κ3) is 6.17. The van der Waals surface area contributed by atoms with Gasteiger partial charge in [-0.2, -0.15) is 0 Å². The molecule has 9 nitrogen and oxygen atoms in total. The Morgan fingerprint density at radius 1 is 1.15 bits per heavy atom. The van der Waals surface area contributed by atoms with Gasteiger partial charge in [0.1, 0.15) is 5.25 Å². The van der Waals surface area contributed by atoms with E-state index >= 15 is 0 Å². The number of nitrogen functional groups attached to an aromatic ring is 1. The van der Waals surface area contributed by atoms with Gasteiger partial charge >= 0.3 is 0 Å². The van der Waals surface area contributed by atoms with Crippen molar-refractivity contribution in [1.29, 1.82) is 10.8 Å². The molecule has 6 N–H and O–H groups in total. The zero-order chi connectivity index (χ0) is 24.7. The molecule has 0 saturated heterocycles. The largest absolute Gasteiger partial charge is 0.611 e. The van der Waals surface area contributed by atoms with Crippen molar-refractivity contribution in [3.05, 3.63) is 71.5 Å². The predicted octanol–water partition coefficient (Wildman–Crippen LogP) is 2.69. The molecule has 0 aliphatic carbocycles. The molecule has 3 rings (SSSR count). The van der Waals surface area contributed by atoms with E-state index in [1.165, 1.54) is 6.20 Å². The highest BCUT2D eigenvalue weighted by molar-refractivity contribution is 7.92. The van der Waals surface area contributed by atoms with E-state index in [-0.39, 0.29) is 35.2 Å². The van der Waals surface area contributed by atoms with Crippen LogP contribution in [-0.4, -0.2) is 50.3 Å². The first-order valence-electron chi connectivity index (χ1n) is 10.7. The number of aliphatic hydroxyl groups is 1. The standard InChI is InChI=1S/C24H28N6O3S/c1-15(11-12-31)34(32)19-9-7-17(8-10-19)20-14-29-22(25)21(30-20)24(27)33-23(26)18-5-3-16(4-6-18)13-28-2/h3-10,14-15,26-28,31H,11-13H2,1-2H3,(H2,25,29). The molecule has 1 heterocycles. The van der Waals surface area contributed by atoms with Gasteiger partial charge in [0.25, 0.3) is 0 Å². The van der Waals surface area contributed by atoms with Crippen molar-refractivity contribution in [2.24, 2.45) is 0 Å². The van der Waals surface area contributed by atoms with E-state index in [1.54, 1.807) is 36.4 Å². The molecule has 0 amide bonds. The lowest BCUT2D eigenvalue weighted by Gasteiger charge is -2.17. The number of aromatic nitrogens is 2. The van der Waals surface area contributed by atoms with E-state index in [4.69, 9.17) is 26.4 Å². The van der Waals surface area contributed by atoms with Gasteiger partial charge in [0.05, 0.1) is 11.9 Å². The van der Waals surface area contributed by atoms with Gasteiger partial charge in [-0.05, 0) is 67.1 Å². The molecule has 0 saturated carbocycles. The lowest BCUT2D eigenvalue weighted by molar-refractivity contribution is 0.287. The third-order valence-electron chi connectivity index (χ3n) is 5.10. The highest BCUT2D eigenvalue weighted by Crippen LogP contribution is 2.24. The quantitative estimate of drug-likeness (QED) is 0.178. The summed E-state index contributed by atoms with van der Waals surface area (Å²) in [5, 5.41) is 28.4. The lowest BCUT2D eigenvalue weighted by atomic mass is 10.1. The second-order valence-electron chi connectivity index (χ2n) is 7.62. The average Bonchev–Trinajstić information content (AvgIpc) is 2.84. The summed E-state index contributed by atoms with van der Waals surface area (Å²) in [7, 11) is 1.86. The van der Waals surface area contributed by atoms with Crippen LogP contribution >= 0.6 is 0 Å². The summed E-state index contributed by atoms with van der Waals surface area (Å²) in [5.74, 6) is -0.565. The normalized spacial score (nSPS) is 12.7. The summed E-state index contributed by atoms with van der Waals surface area (Å²) in [5.41, 5.74) is 8.70. The Bertz CT molecular complexity index is 1140. The van der Waals surface area contributed by atoms with E-state index in [0.29, 0.717) is 34.7 Å². The van der Waals surface area contributed by atoms with Gasteiger partial charge < -0.3 is 25.4 Å². The van der Waals surface area contributed by atoms with Crippen LogP contribution in [0.2, 0.25) is 0 Å². The molecule has 2 unspecified atom stereocenters. The van der Waals surface area contributed by atoms with Gasteiger partial charge in [-0.1, -0.05) is 12.1 Å². The first-order valence-corrected chi connectivity index (χ1v) is 11.9. The van der Waals surface area contributed by atoms with Crippen molar-refractivity contribution < 1.29 is 14.4 Å². The maximum absolute atomic E-state index is 12.5. The summed E-state index contributed by atoms with van der Waals surface area (Å²) >= 11 is -1.23. The van der Waals surface area contributed by atoms with Crippen molar-refractivity contribution in [2.45, 2.75) is 30.0 Å². The van der Waals surface area contributed by atoms with E-state index in [0.717, 1.165) is 5.56 Å². The maximum atomic E-state index is 12.5. The number of hydrogen-bond donors (Lipinski definition) is 5. The molecule has 0 bridgehead atoms. The minimum Gasteiger partial charge on any atom is -0.611 e. The number of benzene rings is 2. The van der Waals surface area contributed by atoms with Gasteiger partial charge in [-0.3, -0.25) is 10.8 Å². The van der Waals surface area contributed by atoms with Crippen LogP contribution in [-0.2, 0) is 22.5 Å². The topological polar surface area (TPSA) is 164 Å². The molecule has 178 valence electrons. The lowest BCUT2D eigenvalue weighted by Crippen LogP contribution is -2.19. The number of nitrogens with zero attached hydrogens (tertiary/aromatic N) is 2. The van der Waals surface area contributed by atoms with Crippen LogP contribution in [0.1, 0.15) is 30.2 Å². The molecule has 1 aromatic heterocycles. The van der Waals surface area contributed by atoms with Crippen molar-refractivity contribution in [3.63, 3.8) is 0 Å². The van der Waals surface area contributed by atoms with Crippen molar-refractivity contribution in [1.82, 2.24) is 15.3 Å². The second kappa shape index (κ2) is 11.7. The molecule has 0 fully saturated rings. The second-order valence-corrected chi connectivity index (χ2v) is 9.49. The van der Waals surface area contributed by atoms with E-state index in [1.807, 2.05) is 26.1 Å². The summed E-state index contributed by atoms with van der Waals surface area (Å²) in [6, 6.07) is 14.3. The van der Waals surface area contributed by atoms with Crippen LogP contribution in [0.4, 0.5) is 5.82 Å². The molecular formula is C24H28N6O3S. The zero-order valence-corrected chi connectivity index (χ0v) is 19.9. The minimum atomic E-state index is -1.23. The molecule has 10 heteroatoms. The van der Waals surface area contributed by atoms with Gasteiger partial charge in [0.15, 0.2) is 16.4 Å². The number of aliphatic hydroxyl groups excluding tert-OH is 1. The Morgan fingerprint density at radius 3 is 2.44 bits per heavy atom. The van der Waals surface area contributed by atoms with Gasteiger partial charge in [0.2, 0.25) is 11.8 Å². The van der Waals surface area contributed by atoms with Crippen molar-refractivity contribution in [2.75, 3.05) is 19.4 Å². The summed E-state index contributed by atoms with van der Waals surface area (Å²) in [6.07, 6.45) is 1.94. The summed E-state index contributed by atoms with van der Waals surface area (Å²) < 4.78 is 17.9. The molecule has 0 aliphatic heterocycles. The van der Waals surface area contributed by atoms with E-state index in [9.17, 15) is 4.55 Å². The van der Waals surface area contributed by atoms with Gasteiger partial charge in [-0.15, -0.1) is 0 Å². The van der Waals surface area contributed by atoms with Gasteiger partial charge in [0, 0.05) is 30.7 Å². The Morgan fingerprint density at radius 2 is 1.82 bits per heavy atom. The Balaban J connectivity index is 1.75. The van der Waals surface area contributed by atoms with Crippen LogP contribution in [0.15, 0.2) is 59.6 Å². The van der Waals surface area contributed by atoms with Crippen LogP contribution in [0.25, 0.3) is 11.3 Å². The Hall–Kier alpha value is -3.31. The number of anilines is 1. The van der Waals surface area contributed by atoms with E-state index < -0.39 is 11.2 Å². The fourth-order valence-corrected chi connectivity index (χ4v) is 4.36. The first kappa shape index (κ1) is 25.3. The van der Waals surface area contributed by atoms with Gasteiger partial charge in [-0.25, -0.2) is 9.97 Å². The fraction of sp³-hybridized carbons (Fsp3) is 0.250. The predicted molar refractivity (Wildman–Crippen MR) is 133 cm³/mol. The van der Waals surface area contributed by atoms with Crippen molar-refractivity contribution >= 4 is 28.8 Å². The number of nitrogens with one attached hydrogen (secondary N) is 3. The van der Waals surface area contributed by atoms with Crippen LogP contribution in [0.5, 0.6) is 0 Å². The monoisotopic (exact) mass is 480 g/mol.